The molecule has 4 heteroatoms. The topological polar surface area (TPSA) is 30.7 Å². The van der Waals surface area contributed by atoms with E-state index in [9.17, 15) is 4.39 Å². The first-order valence-corrected chi connectivity index (χ1v) is 5.87. The molecule has 1 heterocycles. The van der Waals surface area contributed by atoms with Gasteiger partial charge in [-0.15, -0.1) is 0 Å². The third-order valence-electron chi connectivity index (χ3n) is 2.50. The van der Waals surface area contributed by atoms with Gasteiger partial charge in [0.2, 0.25) is 0 Å². The molecule has 0 amide bonds. The van der Waals surface area contributed by atoms with Crippen LogP contribution in [0.5, 0.6) is 0 Å². The molecular formula is C11H20FN3. The molecule has 0 aliphatic carbocycles. The normalized spacial score (nSPS) is 10.9. The second-order valence-electron chi connectivity index (χ2n) is 3.86. The molecule has 0 aromatic carbocycles. The van der Waals surface area contributed by atoms with Gasteiger partial charge in [0.05, 0.1) is 5.69 Å². The molecule has 0 aliphatic rings. The summed E-state index contributed by atoms with van der Waals surface area (Å²) in [6.07, 6.45) is 6.36. The van der Waals surface area contributed by atoms with Crippen LogP contribution in [0.2, 0.25) is 0 Å². The van der Waals surface area contributed by atoms with Crippen LogP contribution in [-0.4, -0.2) is 15.0 Å². The lowest BCUT2D eigenvalue weighted by Crippen LogP contribution is -2.06. The van der Waals surface area contributed by atoms with Gasteiger partial charge in [0.25, 0.3) is 5.95 Å². The summed E-state index contributed by atoms with van der Waals surface area (Å²) < 4.78 is 14.9. The molecule has 1 aromatic rings. The molecule has 0 fully saturated rings. The van der Waals surface area contributed by atoms with Gasteiger partial charge in [-0.2, -0.15) is 4.39 Å². The Morgan fingerprint density at radius 2 is 1.93 bits per heavy atom. The third-order valence-corrected chi connectivity index (χ3v) is 2.50. The highest BCUT2D eigenvalue weighted by Crippen LogP contribution is 2.08. The SMILES string of the molecule is CCCCCCn1nnc(F)c1CCC. The fraction of sp³-hybridized carbons (Fsp3) is 0.818. The summed E-state index contributed by atoms with van der Waals surface area (Å²) in [4.78, 5) is 0. The lowest BCUT2D eigenvalue weighted by atomic mass is 10.2. The van der Waals surface area contributed by atoms with E-state index in [0.29, 0.717) is 5.69 Å². The van der Waals surface area contributed by atoms with Gasteiger partial charge in [-0.25, -0.2) is 4.68 Å². The standard InChI is InChI=1S/C11H20FN3/c1-3-5-6-7-9-15-10(8-4-2)11(12)13-14-15/h3-9H2,1-2H3. The molecule has 1 rings (SSSR count). The third kappa shape index (κ3) is 3.61. The van der Waals surface area contributed by atoms with Crippen LogP contribution >= 0.6 is 0 Å². The quantitative estimate of drug-likeness (QED) is 0.652. The van der Waals surface area contributed by atoms with Crippen molar-refractivity contribution in [1.29, 1.82) is 0 Å². The zero-order valence-electron chi connectivity index (χ0n) is 9.67. The lowest BCUT2D eigenvalue weighted by Gasteiger charge is -2.04. The van der Waals surface area contributed by atoms with E-state index < -0.39 is 5.95 Å². The van der Waals surface area contributed by atoms with E-state index in [4.69, 9.17) is 0 Å². The van der Waals surface area contributed by atoms with Crippen molar-refractivity contribution >= 4 is 0 Å². The van der Waals surface area contributed by atoms with Gasteiger partial charge in [0.1, 0.15) is 0 Å². The molecule has 0 saturated carbocycles. The predicted octanol–water partition coefficient (Wildman–Crippen LogP) is 2.95. The zero-order chi connectivity index (χ0) is 11.1. The number of aromatic nitrogens is 3. The van der Waals surface area contributed by atoms with Gasteiger partial charge in [0.15, 0.2) is 0 Å². The van der Waals surface area contributed by atoms with Crippen molar-refractivity contribution in [2.45, 2.75) is 58.9 Å². The van der Waals surface area contributed by atoms with Crippen molar-refractivity contribution in [3.05, 3.63) is 11.6 Å². The number of halogens is 1. The summed E-state index contributed by atoms with van der Waals surface area (Å²) in [6.45, 7) is 5.01. The Balaban J connectivity index is 2.45. The van der Waals surface area contributed by atoms with Gasteiger partial charge in [-0.1, -0.05) is 49.8 Å². The zero-order valence-corrected chi connectivity index (χ0v) is 9.67. The average molecular weight is 213 g/mol. The molecule has 0 spiro atoms. The van der Waals surface area contributed by atoms with Crippen molar-refractivity contribution < 1.29 is 4.39 Å². The molecule has 0 aliphatic heterocycles. The van der Waals surface area contributed by atoms with E-state index in [1.54, 1.807) is 4.68 Å². The van der Waals surface area contributed by atoms with E-state index in [1.165, 1.54) is 19.3 Å². The van der Waals surface area contributed by atoms with Crippen molar-refractivity contribution in [3.8, 4) is 0 Å². The summed E-state index contributed by atoms with van der Waals surface area (Å²) in [6, 6.07) is 0. The van der Waals surface area contributed by atoms with Gasteiger partial charge >= 0.3 is 0 Å². The number of rotatable bonds is 7. The molecule has 0 unspecified atom stereocenters. The van der Waals surface area contributed by atoms with Crippen LogP contribution in [0.1, 0.15) is 51.6 Å². The maximum atomic E-state index is 13.2. The minimum atomic E-state index is -0.396. The molecule has 0 atom stereocenters. The Hall–Kier alpha value is -0.930. The maximum absolute atomic E-state index is 13.2. The van der Waals surface area contributed by atoms with E-state index in [1.807, 2.05) is 6.92 Å². The Labute approximate surface area is 90.7 Å². The van der Waals surface area contributed by atoms with Crippen LogP contribution in [0.4, 0.5) is 4.39 Å². The van der Waals surface area contributed by atoms with Crippen molar-refractivity contribution in [2.24, 2.45) is 0 Å². The molecule has 15 heavy (non-hydrogen) atoms. The summed E-state index contributed by atoms with van der Waals surface area (Å²) in [5, 5.41) is 7.30. The molecule has 0 saturated heterocycles. The Morgan fingerprint density at radius 3 is 2.60 bits per heavy atom. The number of hydrogen-bond acceptors (Lipinski definition) is 2. The van der Waals surface area contributed by atoms with Crippen LogP contribution in [0, 0.1) is 5.95 Å². The number of unbranched alkanes of at least 4 members (excludes halogenated alkanes) is 3. The highest BCUT2D eigenvalue weighted by molar-refractivity contribution is 4.97. The number of hydrogen-bond donors (Lipinski definition) is 0. The summed E-state index contributed by atoms with van der Waals surface area (Å²) in [5.41, 5.74) is 0.661. The fourth-order valence-electron chi connectivity index (χ4n) is 1.65. The van der Waals surface area contributed by atoms with E-state index in [0.717, 1.165) is 25.8 Å². The summed E-state index contributed by atoms with van der Waals surface area (Å²) in [5.74, 6) is -0.396. The number of aryl methyl sites for hydroxylation is 1. The summed E-state index contributed by atoms with van der Waals surface area (Å²) >= 11 is 0. The minimum Gasteiger partial charge on any atom is -0.246 e. The Morgan fingerprint density at radius 1 is 1.13 bits per heavy atom. The number of nitrogens with zero attached hydrogens (tertiary/aromatic N) is 3. The first-order chi connectivity index (χ1) is 7.29. The van der Waals surface area contributed by atoms with Gasteiger partial charge in [0, 0.05) is 6.54 Å². The van der Waals surface area contributed by atoms with Crippen LogP contribution in [0.3, 0.4) is 0 Å². The molecule has 0 radical (unpaired) electrons. The minimum absolute atomic E-state index is 0.396. The molecule has 3 nitrogen and oxygen atoms in total. The predicted molar refractivity (Wildman–Crippen MR) is 58.1 cm³/mol. The summed E-state index contributed by atoms with van der Waals surface area (Å²) in [7, 11) is 0. The molecule has 86 valence electrons. The van der Waals surface area contributed by atoms with Crippen molar-refractivity contribution in [3.63, 3.8) is 0 Å². The van der Waals surface area contributed by atoms with Crippen molar-refractivity contribution in [2.75, 3.05) is 0 Å². The monoisotopic (exact) mass is 213 g/mol. The first kappa shape index (κ1) is 12.1. The molecule has 1 aromatic heterocycles. The second-order valence-corrected chi connectivity index (χ2v) is 3.86. The van der Waals surface area contributed by atoms with E-state index in [-0.39, 0.29) is 0 Å². The van der Waals surface area contributed by atoms with Gasteiger partial charge in [-0.05, 0) is 12.8 Å². The van der Waals surface area contributed by atoms with Crippen LogP contribution in [-0.2, 0) is 13.0 Å². The van der Waals surface area contributed by atoms with Gasteiger partial charge < -0.3 is 0 Å². The lowest BCUT2D eigenvalue weighted by molar-refractivity contribution is 0.508. The molecular weight excluding hydrogens is 193 g/mol. The molecule has 0 N–H and O–H groups in total. The Bertz CT molecular complexity index is 283. The fourth-order valence-corrected chi connectivity index (χ4v) is 1.65. The smallest absolute Gasteiger partial charge is 0.246 e. The highest BCUT2D eigenvalue weighted by Gasteiger charge is 2.10. The first-order valence-electron chi connectivity index (χ1n) is 5.87. The average Bonchev–Trinajstić information content (AvgIpc) is 2.57. The second kappa shape index (κ2) is 6.53. The maximum Gasteiger partial charge on any atom is 0.255 e. The van der Waals surface area contributed by atoms with Crippen LogP contribution < -0.4 is 0 Å². The molecule has 0 bridgehead atoms. The van der Waals surface area contributed by atoms with Crippen LogP contribution in [0.15, 0.2) is 0 Å². The van der Waals surface area contributed by atoms with Crippen molar-refractivity contribution in [1.82, 2.24) is 15.0 Å². The van der Waals surface area contributed by atoms with E-state index in [2.05, 4.69) is 17.2 Å². The van der Waals surface area contributed by atoms with Gasteiger partial charge in [-0.3, -0.25) is 0 Å². The Kier molecular flexibility index (Phi) is 5.29. The van der Waals surface area contributed by atoms with Crippen LogP contribution in [0.25, 0.3) is 0 Å². The van der Waals surface area contributed by atoms with E-state index >= 15 is 0 Å². The highest BCUT2D eigenvalue weighted by atomic mass is 19.1. The largest absolute Gasteiger partial charge is 0.255 e.